The molecule has 2 rings (SSSR count). The molecule has 0 aliphatic heterocycles. The zero-order chi connectivity index (χ0) is 13.8. The minimum atomic E-state index is -0.545. The second-order valence-electron chi connectivity index (χ2n) is 4.62. The summed E-state index contributed by atoms with van der Waals surface area (Å²) < 4.78 is 0. The molecule has 3 heteroatoms. The summed E-state index contributed by atoms with van der Waals surface area (Å²) in [5.74, 6) is -0.150. The predicted octanol–water partition coefficient (Wildman–Crippen LogP) is 3.30. The molecule has 0 saturated carbocycles. The van der Waals surface area contributed by atoms with Crippen LogP contribution in [0.15, 0.2) is 48.5 Å². The van der Waals surface area contributed by atoms with Crippen molar-refractivity contribution in [2.24, 2.45) is 0 Å². The minimum Gasteiger partial charge on any atom is -0.389 e. The summed E-state index contributed by atoms with van der Waals surface area (Å²) in [5.41, 5.74) is 3.20. The number of rotatable bonds is 3. The van der Waals surface area contributed by atoms with Crippen molar-refractivity contribution < 1.29 is 9.90 Å². The van der Waals surface area contributed by atoms with Gasteiger partial charge in [0.1, 0.15) is 0 Å². The number of amides is 1. The fraction of sp³-hybridized carbons (Fsp3) is 0.188. The first kappa shape index (κ1) is 13.3. The SMILES string of the molecule is Cc1ccc(C(=O)Nc2cccc(C(C)O)c2)cc1. The maximum atomic E-state index is 12.0. The van der Waals surface area contributed by atoms with Gasteiger partial charge in [-0.2, -0.15) is 0 Å². The van der Waals surface area contributed by atoms with E-state index in [1.54, 1.807) is 31.2 Å². The zero-order valence-corrected chi connectivity index (χ0v) is 11.1. The third-order valence-electron chi connectivity index (χ3n) is 2.94. The van der Waals surface area contributed by atoms with Gasteiger partial charge in [0.05, 0.1) is 6.10 Å². The van der Waals surface area contributed by atoms with E-state index in [1.807, 2.05) is 31.2 Å². The van der Waals surface area contributed by atoms with Crippen LogP contribution in [0.25, 0.3) is 0 Å². The Kier molecular flexibility index (Phi) is 3.97. The Morgan fingerprint density at radius 3 is 2.47 bits per heavy atom. The molecular formula is C16H17NO2. The summed E-state index contributed by atoms with van der Waals surface area (Å²) in [6.45, 7) is 3.68. The summed E-state index contributed by atoms with van der Waals surface area (Å²) in [5, 5.41) is 12.3. The molecular weight excluding hydrogens is 238 g/mol. The molecule has 0 aromatic heterocycles. The highest BCUT2D eigenvalue weighted by atomic mass is 16.3. The molecule has 2 aromatic carbocycles. The highest BCUT2D eigenvalue weighted by Gasteiger charge is 2.07. The first-order valence-electron chi connectivity index (χ1n) is 6.22. The van der Waals surface area contributed by atoms with Crippen molar-refractivity contribution in [3.05, 3.63) is 65.2 Å². The van der Waals surface area contributed by atoms with Crippen molar-refractivity contribution in [2.75, 3.05) is 5.32 Å². The molecule has 0 heterocycles. The van der Waals surface area contributed by atoms with Gasteiger partial charge in [0.2, 0.25) is 0 Å². The van der Waals surface area contributed by atoms with Crippen molar-refractivity contribution >= 4 is 11.6 Å². The Hall–Kier alpha value is -2.13. The number of hydrogen-bond acceptors (Lipinski definition) is 2. The monoisotopic (exact) mass is 255 g/mol. The quantitative estimate of drug-likeness (QED) is 0.884. The van der Waals surface area contributed by atoms with E-state index in [-0.39, 0.29) is 5.91 Å². The van der Waals surface area contributed by atoms with E-state index >= 15 is 0 Å². The van der Waals surface area contributed by atoms with Crippen LogP contribution < -0.4 is 5.32 Å². The van der Waals surface area contributed by atoms with Crippen LogP contribution in [0.3, 0.4) is 0 Å². The van der Waals surface area contributed by atoms with Crippen LogP contribution >= 0.6 is 0 Å². The molecule has 19 heavy (non-hydrogen) atoms. The van der Waals surface area contributed by atoms with Crippen LogP contribution in [0.5, 0.6) is 0 Å². The lowest BCUT2D eigenvalue weighted by Crippen LogP contribution is -2.12. The van der Waals surface area contributed by atoms with Gasteiger partial charge in [-0.05, 0) is 43.7 Å². The Bertz CT molecular complexity index is 574. The molecule has 1 amide bonds. The van der Waals surface area contributed by atoms with E-state index in [4.69, 9.17) is 0 Å². The zero-order valence-electron chi connectivity index (χ0n) is 11.1. The Balaban J connectivity index is 2.14. The third kappa shape index (κ3) is 3.42. The molecule has 0 bridgehead atoms. The molecule has 0 aliphatic carbocycles. The molecule has 2 aromatic rings. The number of anilines is 1. The van der Waals surface area contributed by atoms with E-state index in [2.05, 4.69) is 5.32 Å². The molecule has 1 atom stereocenters. The topological polar surface area (TPSA) is 49.3 Å². The average Bonchev–Trinajstić information content (AvgIpc) is 2.39. The van der Waals surface area contributed by atoms with Gasteiger partial charge >= 0.3 is 0 Å². The van der Waals surface area contributed by atoms with E-state index in [0.717, 1.165) is 11.1 Å². The number of aliphatic hydroxyl groups excluding tert-OH is 1. The molecule has 1 unspecified atom stereocenters. The fourth-order valence-electron chi connectivity index (χ4n) is 1.78. The number of benzene rings is 2. The van der Waals surface area contributed by atoms with E-state index in [9.17, 15) is 9.90 Å². The summed E-state index contributed by atoms with van der Waals surface area (Å²) in [4.78, 5) is 12.0. The van der Waals surface area contributed by atoms with Crippen LogP contribution in [0, 0.1) is 6.92 Å². The molecule has 3 nitrogen and oxygen atoms in total. The summed E-state index contributed by atoms with van der Waals surface area (Å²) in [7, 11) is 0. The Morgan fingerprint density at radius 1 is 1.16 bits per heavy atom. The van der Waals surface area contributed by atoms with Crippen LogP contribution in [0.4, 0.5) is 5.69 Å². The molecule has 0 spiro atoms. The van der Waals surface area contributed by atoms with E-state index in [1.165, 1.54) is 0 Å². The van der Waals surface area contributed by atoms with Gasteiger partial charge in [-0.15, -0.1) is 0 Å². The first-order chi connectivity index (χ1) is 9.06. The van der Waals surface area contributed by atoms with Crippen molar-refractivity contribution in [2.45, 2.75) is 20.0 Å². The van der Waals surface area contributed by atoms with Crippen molar-refractivity contribution in [1.29, 1.82) is 0 Å². The highest BCUT2D eigenvalue weighted by Crippen LogP contribution is 2.17. The van der Waals surface area contributed by atoms with Gasteiger partial charge in [-0.1, -0.05) is 29.8 Å². The molecule has 2 N–H and O–H groups in total. The van der Waals surface area contributed by atoms with Crippen LogP contribution in [-0.4, -0.2) is 11.0 Å². The lowest BCUT2D eigenvalue weighted by atomic mass is 10.1. The number of carbonyl (C=O) groups is 1. The Morgan fingerprint density at radius 2 is 1.84 bits per heavy atom. The average molecular weight is 255 g/mol. The number of aliphatic hydroxyl groups is 1. The molecule has 0 fully saturated rings. The van der Waals surface area contributed by atoms with E-state index in [0.29, 0.717) is 11.3 Å². The third-order valence-corrected chi connectivity index (χ3v) is 2.94. The van der Waals surface area contributed by atoms with Gasteiger partial charge in [-0.3, -0.25) is 4.79 Å². The molecule has 0 aliphatic rings. The second kappa shape index (κ2) is 5.67. The van der Waals surface area contributed by atoms with Gasteiger partial charge in [-0.25, -0.2) is 0 Å². The van der Waals surface area contributed by atoms with Crippen LogP contribution in [0.1, 0.15) is 34.5 Å². The van der Waals surface area contributed by atoms with Crippen molar-refractivity contribution in [1.82, 2.24) is 0 Å². The van der Waals surface area contributed by atoms with Gasteiger partial charge in [0.15, 0.2) is 0 Å². The Labute approximate surface area is 112 Å². The van der Waals surface area contributed by atoms with Crippen LogP contribution in [0.2, 0.25) is 0 Å². The summed E-state index contributed by atoms with van der Waals surface area (Å²) >= 11 is 0. The maximum Gasteiger partial charge on any atom is 0.255 e. The molecule has 98 valence electrons. The van der Waals surface area contributed by atoms with Gasteiger partial charge in [0, 0.05) is 11.3 Å². The fourth-order valence-corrected chi connectivity index (χ4v) is 1.78. The number of carbonyl (C=O) groups excluding carboxylic acids is 1. The number of hydrogen-bond donors (Lipinski definition) is 2. The van der Waals surface area contributed by atoms with Gasteiger partial charge < -0.3 is 10.4 Å². The lowest BCUT2D eigenvalue weighted by molar-refractivity contribution is 0.102. The summed E-state index contributed by atoms with van der Waals surface area (Å²) in [6, 6.07) is 14.6. The smallest absolute Gasteiger partial charge is 0.255 e. The van der Waals surface area contributed by atoms with Gasteiger partial charge in [0.25, 0.3) is 5.91 Å². The number of aryl methyl sites for hydroxylation is 1. The largest absolute Gasteiger partial charge is 0.389 e. The lowest BCUT2D eigenvalue weighted by Gasteiger charge is -2.09. The first-order valence-corrected chi connectivity index (χ1v) is 6.22. The molecule has 0 radical (unpaired) electrons. The normalized spacial score (nSPS) is 11.9. The van der Waals surface area contributed by atoms with Crippen molar-refractivity contribution in [3.63, 3.8) is 0 Å². The minimum absolute atomic E-state index is 0.150. The van der Waals surface area contributed by atoms with Crippen molar-refractivity contribution in [3.8, 4) is 0 Å². The summed E-state index contributed by atoms with van der Waals surface area (Å²) in [6.07, 6.45) is -0.545. The maximum absolute atomic E-state index is 12.0. The van der Waals surface area contributed by atoms with Crippen LogP contribution in [-0.2, 0) is 0 Å². The standard InChI is InChI=1S/C16H17NO2/c1-11-6-8-13(9-7-11)16(19)17-15-5-3-4-14(10-15)12(2)18/h3-10,12,18H,1-2H3,(H,17,19). The molecule has 0 saturated heterocycles. The van der Waals surface area contributed by atoms with E-state index < -0.39 is 6.10 Å². The predicted molar refractivity (Wildman–Crippen MR) is 76.2 cm³/mol. The highest BCUT2D eigenvalue weighted by molar-refractivity contribution is 6.04. The second-order valence-corrected chi connectivity index (χ2v) is 4.62. The number of nitrogens with one attached hydrogen (secondary N) is 1.